The van der Waals surface area contributed by atoms with E-state index in [1.165, 1.54) is 12.1 Å². The fraction of sp³-hybridized carbons (Fsp3) is 0.462. The van der Waals surface area contributed by atoms with E-state index < -0.39 is 29.3 Å². The van der Waals surface area contributed by atoms with Crippen molar-refractivity contribution in [3.8, 4) is 0 Å². The molecule has 2 aromatic carbocycles. The zero-order valence-corrected chi connectivity index (χ0v) is 18.7. The number of alkyl halides is 3. The Kier molecular flexibility index (Phi) is 5.47. The van der Waals surface area contributed by atoms with E-state index in [4.69, 9.17) is 0 Å². The smallest absolute Gasteiger partial charge is 0.416 e. The monoisotopic (exact) mass is 472 g/mol. The van der Waals surface area contributed by atoms with Crippen LogP contribution in [0.2, 0.25) is 0 Å². The van der Waals surface area contributed by atoms with E-state index in [0.717, 1.165) is 43.4 Å². The molecule has 1 saturated heterocycles. The summed E-state index contributed by atoms with van der Waals surface area (Å²) >= 11 is 0. The molecule has 1 heterocycles. The highest BCUT2D eigenvalue weighted by Gasteiger charge is 2.53. The molecule has 34 heavy (non-hydrogen) atoms. The number of hydrogen-bond donors (Lipinski definition) is 2. The second-order valence-corrected chi connectivity index (χ2v) is 10.1. The van der Waals surface area contributed by atoms with Crippen LogP contribution >= 0.6 is 0 Å². The Balaban J connectivity index is 1.35. The summed E-state index contributed by atoms with van der Waals surface area (Å²) in [5, 5.41) is 12.8. The van der Waals surface area contributed by atoms with Gasteiger partial charge in [0.25, 0.3) is 0 Å². The van der Waals surface area contributed by atoms with Gasteiger partial charge in [0.2, 0.25) is 5.91 Å². The Hall–Kier alpha value is -2.87. The van der Waals surface area contributed by atoms with E-state index >= 15 is 0 Å². The van der Waals surface area contributed by atoms with Crippen molar-refractivity contribution in [3.05, 3.63) is 70.8 Å². The van der Waals surface area contributed by atoms with Gasteiger partial charge >= 0.3 is 12.1 Å². The maximum Gasteiger partial charge on any atom is 0.416 e. The number of nitrogens with one attached hydrogen (secondary N) is 1. The van der Waals surface area contributed by atoms with E-state index in [1.807, 2.05) is 0 Å². The third-order valence-electron chi connectivity index (χ3n) is 7.71. The van der Waals surface area contributed by atoms with E-state index in [2.05, 4.69) is 10.2 Å². The van der Waals surface area contributed by atoms with E-state index in [9.17, 15) is 27.9 Å². The molecule has 0 radical (unpaired) electrons. The van der Waals surface area contributed by atoms with Gasteiger partial charge in [-0.25, -0.2) is 4.79 Å². The van der Waals surface area contributed by atoms with Crippen molar-refractivity contribution in [1.82, 2.24) is 10.2 Å². The minimum absolute atomic E-state index is 0.129. The quantitative estimate of drug-likeness (QED) is 0.624. The van der Waals surface area contributed by atoms with Crippen LogP contribution in [0.15, 0.2) is 48.5 Å². The number of halogens is 3. The molecule has 3 fully saturated rings. The summed E-state index contributed by atoms with van der Waals surface area (Å²) in [4.78, 5) is 27.3. The minimum atomic E-state index is -4.38. The molecule has 2 aromatic rings. The number of amides is 1. The molecule has 0 bridgehead atoms. The van der Waals surface area contributed by atoms with Gasteiger partial charge in [-0.15, -0.1) is 0 Å². The van der Waals surface area contributed by atoms with Gasteiger partial charge in [0, 0.05) is 6.54 Å². The molecule has 2 aliphatic carbocycles. The zero-order valence-electron chi connectivity index (χ0n) is 18.7. The second kappa shape index (κ2) is 8.12. The van der Waals surface area contributed by atoms with Crippen molar-refractivity contribution < 1.29 is 27.9 Å². The molecule has 8 heteroatoms. The summed E-state index contributed by atoms with van der Waals surface area (Å²) in [6, 6.07) is 11.5. The van der Waals surface area contributed by atoms with Crippen molar-refractivity contribution in [2.75, 3.05) is 6.54 Å². The highest BCUT2D eigenvalue weighted by molar-refractivity contribution is 5.91. The van der Waals surface area contributed by atoms with Gasteiger partial charge in [-0.2, -0.15) is 13.2 Å². The molecular weight excluding hydrogens is 445 g/mol. The van der Waals surface area contributed by atoms with Crippen LogP contribution < -0.4 is 5.32 Å². The van der Waals surface area contributed by atoms with Gasteiger partial charge in [-0.3, -0.25) is 9.69 Å². The molecule has 1 aliphatic heterocycles. The normalized spacial score (nSPS) is 22.9. The van der Waals surface area contributed by atoms with Crippen LogP contribution in [-0.2, 0) is 23.1 Å². The Morgan fingerprint density at radius 1 is 1.00 bits per heavy atom. The minimum Gasteiger partial charge on any atom is -0.478 e. The van der Waals surface area contributed by atoms with Gasteiger partial charge < -0.3 is 10.4 Å². The van der Waals surface area contributed by atoms with Gasteiger partial charge in [0.1, 0.15) is 0 Å². The second-order valence-electron chi connectivity index (χ2n) is 10.1. The number of rotatable bonds is 6. The number of carbonyl (C=O) groups excluding carboxylic acids is 1. The first-order chi connectivity index (χ1) is 16.1. The Morgan fingerprint density at radius 3 is 2.26 bits per heavy atom. The van der Waals surface area contributed by atoms with Crippen LogP contribution in [0.4, 0.5) is 13.2 Å². The van der Waals surface area contributed by atoms with Gasteiger partial charge in [0.15, 0.2) is 0 Å². The van der Waals surface area contributed by atoms with Crippen LogP contribution in [0.5, 0.6) is 0 Å². The van der Waals surface area contributed by atoms with Crippen LogP contribution in [0.25, 0.3) is 0 Å². The molecule has 5 rings (SSSR count). The number of hydrogen-bond acceptors (Lipinski definition) is 3. The molecule has 1 spiro atoms. The molecule has 0 aromatic heterocycles. The first-order valence-electron chi connectivity index (χ1n) is 11.7. The van der Waals surface area contributed by atoms with Crippen LogP contribution in [-0.4, -0.2) is 34.5 Å². The average molecular weight is 473 g/mol. The molecule has 1 unspecified atom stereocenters. The van der Waals surface area contributed by atoms with Crippen LogP contribution in [0.3, 0.4) is 0 Å². The van der Waals surface area contributed by atoms with Gasteiger partial charge in [-0.1, -0.05) is 30.3 Å². The van der Waals surface area contributed by atoms with E-state index in [1.54, 1.807) is 24.3 Å². The highest BCUT2D eigenvalue weighted by Crippen LogP contribution is 2.55. The maximum absolute atomic E-state index is 13.6. The van der Waals surface area contributed by atoms with Crippen molar-refractivity contribution in [3.63, 3.8) is 0 Å². The number of benzene rings is 2. The summed E-state index contributed by atoms with van der Waals surface area (Å²) in [5.41, 5.74) is 0.393. The third kappa shape index (κ3) is 4.43. The molecule has 2 N–H and O–H groups in total. The molecule has 3 aliphatic rings. The summed E-state index contributed by atoms with van der Waals surface area (Å²) in [6.45, 7) is 1.10. The van der Waals surface area contributed by atoms with Crippen molar-refractivity contribution in [1.29, 1.82) is 0 Å². The number of carboxylic acids is 1. The lowest BCUT2D eigenvalue weighted by Crippen LogP contribution is -2.53. The molecule has 180 valence electrons. The SMILES string of the molecule is O=C(O)c1ccccc1C1(NC(=O)C2CC3(CCN2Cc2ccc(C(F)(F)F)cc2)CC3)CC1. The van der Waals surface area contributed by atoms with E-state index in [0.29, 0.717) is 31.5 Å². The van der Waals surface area contributed by atoms with Crippen LogP contribution in [0, 0.1) is 5.41 Å². The predicted octanol–water partition coefficient (Wildman–Crippen LogP) is 4.95. The summed E-state index contributed by atoms with van der Waals surface area (Å²) in [6.07, 6.45) is 0.866. The molecule has 5 nitrogen and oxygen atoms in total. The Bertz CT molecular complexity index is 1110. The lowest BCUT2D eigenvalue weighted by Gasteiger charge is -2.40. The molecule has 1 atom stereocenters. The summed E-state index contributed by atoms with van der Waals surface area (Å²) < 4.78 is 38.8. The Morgan fingerprint density at radius 2 is 1.68 bits per heavy atom. The van der Waals surface area contributed by atoms with Crippen LogP contribution in [0.1, 0.15) is 65.6 Å². The van der Waals surface area contributed by atoms with Crippen molar-refractivity contribution >= 4 is 11.9 Å². The fourth-order valence-electron chi connectivity index (χ4n) is 5.28. The Labute approximate surface area is 196 Å². The van der Waals surface area contributed by atoms with E-state index in [-0.39, 0.29) is 16.9 Å². The van der Waals surface area contributed by atoms with Crippen molar-refractivity contribution in [2.45, 2.75) is 62.8 Å². The number of carboxylic acid groups (broad SMARTS) is 1. The molecule has 1 amide bonds. The number of aromatic carboxylic acids is 1. The number of nitrogens with zero attached hydrogens (tertiary/aromatic N) is 1. The first-order valence-corrected chi connectivity index (χ1v) is 11.7. The lowest BCUT2D eigenvalue weighted by atomic mass is 9.86. The van der Waals surface area contributed by atoms with Gasteiger partial charge in [-0.05, 0) is 79.8 Å². The molecular formula is C26H27F3N2O3. The van der Waals surface area contributed by atoms with Gasteiger partial charge in [0.05, 0.1) is 22.7 Å². The first kappa shape index (κ1) is 22.9. The predicted molar refractivity (Wildman–Crippen MR) is 119 cm³/mol. The highest BCUT2D eigenvalue weighted by atomic mass is 19.4. The molecule has 2 saturated carbocycles. The third-order valence-corrected chi connectivity index (χ3v) is 7.71. The number of likely N-dealkylation sites (tertiary alicyclic amines) is 1. The largest absolute Gasteiger partial charge is 0.478 e. The summed E-state index contributed by atoms with van der Waals surface area (Å²) in [5.74, 6) is -1.15. The van der Waals surface area contributed by atoms with Crippen molar-refractivity contribution in [2.24, 2.45) is 5.41 Å². The average Bonchev–Trinajstić information content (AvgIpc) is 3.73. The number of piperidine rings is 1. The lowest BCUT2D eigenvalue weighted by molar-refractivity contribution is -0.137. The zero-order chi connectivity index (χ0) is 24.1. The number of carbonyl (C=O) groups is 2. The fourth-order valence-corrected chi connectivity index (χ4v) is 5.28. The summed E-state index contributed by atoms with van der Waals surface area (Å²) in [7, 11) is 0. The topological polar surface area (TPSA) is 69.6 Å². The maximum atomic E-state index is 13.6. The standard InChI is InChI=1S/C26H27F3N2O3/c27-26(28,29)18-7-5-17(6-8-18)16-31-14-13-24(9-10-24)15-21(31)22(32)30-25(11-12-25)20-4-2-1-3-19(20)23(33)34/h1-8,21H,9-16H2,(H,30,32)(H,33,34).